The molecule has 2 heterocycles. The third-order valence-corrected chi connectivity index (χ3v) is 5.62. The molecule has 0 bridgehead atoms. The minimum atomic E-state index is 0.150. The molecule has 0 aliphatic heterocycles. The van der Waals surface area contributed by atoms with Crippen LogP contribution in [0.5, 0.6) is 5.75 Å². The van der Waals surface area contributed by atoms with Gasteiger partial charge in [-0.3, -0.25) is 0 Å². The standard InChI is InChI=1S/C22H25N5O/c1-15-12-17(8-9-18(15)28-11-10-16-6-4-3-5-7-16)20-21-22(27(2)14-24-21)26-19(13-23)25-20/h8-9,12,14,16H,3-7,10-11H2,1-2H3. The van der Waals surface area contributed by atoms with Crippen molar-refractivity contribution in [2.24, 2.45) is 13.0 Å². The van der Waals surface area contributed by atoms with Gasteiger partial charge in [0.15, 0.2) is 5.65 Å². The van der Waals surface area contributed by atoms with Crippen molar-refractivity contribution in [3.63, 3.8) is 0 Å². The molecule has 6 nitrogen and oxygen atoms in total. The molecule has 3 aromatic rings. The highest BCUT2D eigenvalue weighted by Gasteiger charge is 2.16. The molecule has 0 spiro atoms. The lowest BCUT2D eigenvalue weighted by Crippen LogP contribution is -2.11. The summed E-state index contributed by atoms with van der Waals surface area (Å²) >= 11 is 0. The maximum absolute atomic E-state index is 9.28. The van der Waals surface area contributed by atoms with Gasteiger partial charge in [-0.15, -0.1) is 0 Å². The fourth-order valence-electron chi connectivity index (χ4n) is 4.03. The Balaban J connectivity index is 1.55. The Morgan fingerprint density at radius 1 is 1.21 bits per heavy atom. The summed E-state index contributed by atoms with van der Waals surface area (Å²) in [6.45, 7) is 2.81. The summed E-state index contributed by atoms with van der Waals surface area (Å²) in [7, 11) is 1.86. The summed E-state index contributed by atoms with van der Waals surface area (Å²) < 4.78 is 7.86. The van der Waals surface area contributed by atoms with Gasteiger partial charge >= 0.3 is 0 Å². The van der Waals surface area contributed by atoms with Gasteiger partial charge in [0, 0.05) is 12.6 Å². The van der Waals surface area contributed by atoms with Crippen LogP contribution >= 0.6 is 0 Å². The van der Waals surface area contributed by atoms with E-state index >= 15 is 0 Å². The topological polar surface area (TPSA) is 76.6 Å². The van der Waals surface area contributed by atoms with E-state index in [2.05, 4.69) is 15.0 Å². The molecule has 1 aromatic carbocycles. The minimum absolute atomic E-state index is 0.150. The molecule has 1 saturated carbocycles. The number of rotatable bonds is 5. The molecule has 2 aromatic heterocycles. The van der Waals surface area contributed by atoms with E-state index in [1.165, 1.54) is 32.1 Å². The van der Waals surface area contributed by atoms with Crippen LogP contribution in [0, 0.1) is 24.2 Å². The van der Waals surface area contributed by atoms with Gasteiger partial charge in [0.2, 0.25) is 5.82 Å². The Morgan fingerprint density at radius 3 is 2.79 bits per heavy atom. The third kappa shape index (κ3) is 3.70. The first-order valence-electron chi connectivity index (χ1n) is 9.98. The van der Waals surface area contributed by atoms with E-state index in [1.54, 1.807) is 10.9 Å². The molecular formula is C22H25N5O. The second-order valence-corrected chi connectivity index (χ2v) is 7.66. The number of ether oxygens (including phenoxy) is 1. The summed E-state index contributed by atoms with van der Waals surface area (Å²) in [6, 6.07) is 8.07. The van der Waals surface area contributed by atoms with Crippen LogP contribution in [0.25, 0.3) is 22.4 Å². The van der Waals surface area contributed by atoms with Gasteiger partial charge in [0.25, 0.3) is 0 Å². The number of nitrogens with zero attached hydrogens (tertiary/aromatic N) is 5. The number of hydrogen-bond acceptors (Lipinski definition) is 5. The molecule has 1 fully saturated rings. The summed E-state index contributed by atoms with van der Waals surface area (Å²) in [4.78, 5) is 13.1. The van der Waals surface area contributed by atoms with Crippen molar-refractivity contribution in [1.29, 1.82) is 5.26 Å². The molecule has 0 unspecified atom stereocenters. The van der Waals surface area contributed by atoms with Crippen molar-refractivity contribution < 1.29 is 4.74 Å². The number of hydrogen-bond donors (Lipinski definition) is 0. The van der Waals surface area contributed by atoms with Gasteiger partial charge < -0.3 is 9.30 Å². The molecule has 0 amide bonds. The predicted octanol–water partition coefficient (Wildman–Crippen LogP) is 4.56. The first-order chi connectivity index (χ1) is 13.7. The van der Waals surface area contributed by atoms with Gasteiger partial charge in [-0.1, -0.05) is 32.1 Å². The molecule has 1 aliphatic rings. The molecule has 0 radical (unpaired) electrons. The molecule has 4 rings (SSSR count). The third-order valence-electron chi connectivity index (χ3n) is 5.62. The van der Waals surface area contributed by atoms with Crippen molar-refractivity contribution in [1.82, 2.24) is 19.5 Å². The number of nitriles is 1. The van der Waals surface area contributed by atoms with Crippen LogP contribution in [0.3, 0.4) is 0 Å². The van der Waals surface area contributed by atoms with Gasteiger partial charge in [0.05, 0.1) is 12.9 Å². The Morgan fingerprint density at radius 2 is 2.04 bits per heavy atom. The zero-order chi connectivity index (χ0) is 19.5. The lowest BCUT2D eigenvalue weighted by atomic mass is 9.87. The summed E-state index contributed by atoms with van der Waals surface area (Å²) in [6.07, 6.45) is 9.63. The molecule has 1 aliphatic carbocycles. The largest absolute Gasteiger partial charge is 0.493 e. The van der Waals surface area contributed by atoms with E-state index in [0.29, 0.717) is 16.9 Å². The quantitative estimate of drug-likeness (QED) is 0.653. The molecule has 6 heteroatoms. The van der Waals surface area contributed by atoms with Crippen LogP contribution in [-0.4, -0.2) is 26.1 Å². The summed E-state index contributed by atoms with van der Waals surface area (Å²) in [5.41, 5.74) is 4.01. The van der Waals surface area contributed by atoms with Crippen LogP contribution in [0.2, 0.25) is 0 Å². The van der Waals surface area contributed by atoms with Gasteiger partial charge in [-0.2, -0.15) is 10.2 Å². The van der Waals surface area contributed by atoms with Crippen molar-refractivity contribution in [2.45, 2.75) is 45.4 Å². The molecular weight excluding hydrogens is 350 g/mol. The summed E-state index contributed by atoms with van der Waals surface area (Å²) in [5, 5.41) is 9.28. The molecule has 0 saturated heterocycles. The number of fused-ring (bicyclic) bond motifs is 1. The van der Waals surface area contributed by atoms with Crippen LogP contribution in [0.4, 0.5) is 0 Å². The van der Waals surface area contributed by atoms with Crippen molar-refractivity contribution in [2.75, 3.05) is 6.61 Å². The van der Waals surface area contributed by atoms with E-state index in [9.17, 15) is 5.26 Å². The normalized spacial score (nSPS) is 14.9. The first-order valence-corrected chi connectivity index (χ1v) is 9.98. The summed E-state index contributed by atoms with van der Waals surface area (Å²) in [5.74, 6) is 1.87. The number of aromatic nitrogens is 4. The van der Waals surface area contributed by atoms with Crippen LogP contribution < -0.4 is 4.74 Å². The lowest BCUT2D eigenvalue weighted by molar-refractivity contribution is 0.245. The maximum atomic E-state index is 9.28. The zero-order valence-corrected chi connectivity index (χ0v) is 16.5. The molecule has 0 N–H and O–H groups in total. The Hall–Kier alpha value is -2.94. The lowest BCUT2D eigenvalue weighted by Gasteiger charge is -2.21. The highest BCUT2D eigenvalue weighted by Crippen LogP contribution is 2.30. The SMILES string of the molecule is Cc1cc(-c2nc(C#N)nc3c2ncn3C)ccc1OCCC1CCCCC1. The number of benzene rings is 1. The van der Waals surface area contributed by atoms with E-state index in [0.717, 1.165) is 35.8 Å². The van der Waals surface area contributed by atoms with Crippen molar-refractivity contribution in [3.05, 3.63) is 35.9 Å². The molecule has 0 atom stereocenters. The molecule has 28 heavy (non-hydrogen) atoms. The minimum Gasteiger partial charge on any atom is -0.493 e. The molecule has 144 valence electrons. The van der Waals surface area contributed by atoms with Gasteiger partial charge in [0.1, 0.15) is 23.0 Å². The average Bonchev–Trinajstić information content (AvgIpc) is 3.10. The number of aryl methyl sites for hydroxylation is 2. The van der Waals surface area contributed by atoms with Crippen LogP contribution in [-0.2, 0) is 7.05 Å². The highest BCUT2D eigenvalue weighted by molar-refractivity contribution is 5.87. The highest BCUT2D eigenvalue weighted by atomic mass is 16.5. The van der Waals surface area contributed by atoms with Crippen LogP contribution in [0.1, 0.15) is 49.9 Å². The monoisotopic (exact) mass is 375 g/mol. The predicted molar refractivity (Wildman–Crippen MR) is 108 cm³/mol. The Kier molecular flexibility index (Phi) is 5.25. The van der Waals surface area contributed by atoms with Crippen molar-refractivity contribution >= 4 is 11.2 Å². The van der Waals surface area contributed by atoms with Gasteiger partial charge in [-0.25, -0.2) is 9.97 Å². The fourth-order valence-corrected chi connectivity index (χ4v) is 4.03. The van der Waals surface area contributed by atoms with Crippen LogP contribution in [0.15, 0.2) is 24.5 Å². The van der Waals surface area contributed by atoms with E-state index < -0.39 is 0 Å². The van der Waals surface area contributed by atoms with Gasteiger partial charge in [-0.05, 0) is 43.0 Å². The van der Waals surface area contributed by atoms with E-state index in [1.807, 2.05) is 38.2 Å². The smallest absolute Gasteiger partial charge is 0.234 e. The van der Waals surface area contributed by atoms with E-state index in [4.69, 9.17) is 4.74 Å². The second kappa shape index (κ2) is 7.97. The number of imidazole rings is 1. The average molecular weight is 375 g/mol. The Bertz CT molecular complexity index is 1030. The zero-order valence-electron chi connectivity index (χ0n) is 16.5. The Labute approximate surface area is 165 Å². The second-order valence-electron chi connectivity index (χ2n) is 7.66. The maximum Gasteiger partial charge on any atom is 0.234 e. The van der Waals surface area contributed by atoms with Crippen molar-refractivity contribution in [3.8, 4) is 23.1 Å². The first kappa shape index (κ1) is 18.4. The fraction of sp³-hybridized carbons (Fsp3) is 0.455. The van der Waals surface area contributed by atoms with E-state index in [-0.39, 0.29) is 5.82 Å².